The van der Waals surface area contributed by atoms with E-state index in [1.807, 2.05) is 25.4 Å². The van der Waals surface area contributed by atoms with Crippen LogP contribution in [0.1, 0.15) is 17.3 Å². The summed E-state index contributed by atoms with van der Waals surface area (Å²) in [6.45, 7) is 0. The van der Waals surface area contributed by atoms with Gasteiger partial charge in [0.1, 0.15) is 0 Å². The molecule has 0 radical (unpaired) electrons. The predicted molar refractivity (Wildman–Crippen MR) is 76.1 cm³/mol. The molecule has 0 aliphatic rings. The molecular formula is C12H15IN4. The minimum absolute atomic E-state index is 0.0969. The van der Waals surface area contributed by atoms with Crippen molar-refractivity contribution in [1.82, 2.24) is 15.2 Å². The van der Waals surface area contributed by atoms with Crippen LogP contribution in [0.3, 0.4) is 0 Å². The third kappa shape index (κ3) is 3.27. The zero-order chi connectivity index (χ0) is 12.3. The number of hydrogen-bond acceptors (Lipinski definition) is 3. The van der Waals surface area contributed by atoms with Gasteiger partial charge >= 0.3 is 0 Å². The first-order valence-electron chi connectivity index (χ1n) is 5.39. The molecule has 2 aromatic rings. The Labute approximate surface area is 114 Å². The number of hydrogen-bond donors (Lipinski definition) is 2. The Hall–Kier alpha value is -0.920. The van der Waals surface area contributed by atoms with Gasteiger partial charge in [-0.1, -0.05) is 12.1 Å². The SMILES string of the molecule is Cn1ccc(CC(NN)c2cccc(I)c2)n1. The number of nitrogens with zero attached hydrogens (tertiary/aromatic N) is 2. The van der Waals surface area contributed by atoms with Gasteiger partial charge in [0.2, 0.25) is 0 Å². The molecule has 0 fully saturated rings. The van der Waals surface area contributed by atoms with Crippen LogP contribution >= 0.6 is 22.6 Å². The zero-order valence-electron chi connectivity index (χ0n) is 9.60. The monoisotopic (exact) mass is 342 g/mol. The van der Waals surface area contributed by atoms with Crippen LogP contribution in [-0.2, 0) is 13.5 Å². The molecule has 1 atom stereocenters. The van der Waals surface area contributed by atoms with E-state index >= 15 is 0 Å². The Bertz CT molecular complexity index is 495. The molecule has 17 heavy (non-hydrogen) atoms. The molecule has 1 aromatic carbocycles. The summed E-state index contributed by atoms with van der Waals surface area (Å²) < 4.78 is 3.01. The van der Waals surface area contributed by atoms with Gasteiger partial charge in [-0.05, 0) is 46.4 Å². The summed E-state index contributed by atoms with van der Waals surface area (Å²) >= 11 is 2.30. The van der Waals surface area contributed by atoms with Crippen molar-refractivity contribution in [2.45, 2.75) is 12.5 Å². The third-order valence-corrected chi connectivity index (χ3v) is 3.31. The van der Waals surface area contributed by atoms with Crippen LogP contribution in [0.25, 0.3) is 0 Å². The average molecular weight is 342 g/mol. The maximum Gasteiger partial charge on any atom is 0.0643 e. The van der Waals surface area contributed by atoms with Crippen LogP contribution in [-0.4, -0.2) is 9.78 Å². The van der Waals surface area contributed by atoms with Gasteiger partial charge in [0, 0.05) is 23.2 Å². The summed E-state index contributed by atoms with van der Waals surface area (Å²) in [5.41, 5.74) is 5.07. The van der Waals surface area contributed by atoms with E-state index in [9.17, 15) is 0 Å². The van der Waals surface area contributed by atoms with Gasteiger partial charge in [-0.2, -0.15) is 5.10 Å². The van der Waals surface area contributed by atoms with Crippen LogP contribution in [0.5, 0.6) is 0 Å². The van der Waals surface area contributed by atoms with Gasteiger partial charge in [-0.3, -0.25) is 16.0 Å². The third-order valence-electron chi connectivity index (χ3n) is 2.63. The summed E-state index contributed by atoms with van der Waals surface area (Å²) in [6.07, 6.45) is 2.73. The molecule has 5 heteroatoms. The summed E-state index contributed by atoms with van der Waals surface area (Å²) in [7, 11) is 1.92. The standard InChI is InChI=1S/C12H15IN4/c1-17-6-5-11(16-17)8-12(15-14)9-3-2-4-10(13)7-9/h2-7,12,15H,8,14H2,1H3. The number of halogens is 1. The highest BCUT2D eigenvalue weighted by atomic mass is 127. The van der Waals surface area contributed by atoms with Gasteiger partial charge in [0.25, 0.3) is 0 Å². The average Bonchev–Trinajstić information content (AvgIpc) is 2.72. The molecular weight excluding hydrogens is 327 g/mol. The van der Waals surface area contributed by atoms with Crippen LogP contribution in [0.2, 0.25) is 0 Å². The molecule has 90 valence electrons. The Morgan fingerprint density at radius 3 is 2.88 bits per heavy atom. The number of nitrogens with two attached hydrogens (primary N) is 1. The maximum absolute atomic E-state index is 5.62. The molecule has 1 heterocycles. The van der Waals surface area contributed by atoms with Crippen molar-refractivity contribution < 1.29 is 0 Å². The smallest absolute Gasteiger partial charge is 0.0643 e. The molecule has 3 N–H and O–H groups in total. The van der Waals surface area contributed by atoms with Crippen molar-refractivity contribution >= 4 is 22.6 Å². The van der Waals surface area contributed by atoms with Gasteiger partial charge in [-0.15, -0.1) is 0 Å². The number of aromatic nitrogens is 2. The normalized spacial score (nSPS) is 12.6. The molecule has 0 amide bonds. The minimum atomic E-state index is 0.0969. The summed E-state index contributed by atoms with van der Waals surface area (Å²) in [4.78, 5) is 0. The maximum atomic E-state index is 5.62. The van der Waals surface area contributed by atoms with Crippen molar-refractivity contribution in [3.8, 4) is 0 Å². The molecule has 0 bridgehead atoms. The van der Waals surface area contributed by atoms with E-state index in [0.29, 0.717) is 0 Å². The fourth-order valence-corrected chi connectivity index (χ4v) is 2.34. The quantitative estimate of drug-likeness (QED) is 0.506. The zero-order valence-corrected chi connectivity index (χ0v) is 11.8. The molecule has 0 saturated carbocycles. The van der Waals surface area contributed by atoms with E-state index in [4.69, 9.17) is 5.84 Å². The molecule has 0 spiro atoms. The lowest BCUT2D eigenvalue weighted by atomic mass is 10.0. The summed E-state index contributed by atoms with van der Waals surface area (Å²) in [5, 5.41) is 4.37. The molecule has 0 saturated heterocycles. The Morgan fingerprint density at radius 2 is 2.29 bits per heavy atom. The molecule has 0 aliphatic heterocycles. The van der Waals surface area contributed by atoms with Crippen molar-refractivity contribution in [2.24, 2.45) is 12.9 Å². The number of hydrazine groups is 1. The van der Waals surface area contributed by atoms with Gasteiger partial charge in [0.05, 0.1) is 11.7 Å². The van der Waals surface area contributed by atoms with E-state index in [2.05, 4.69) is 51.3 Å². The highest BCUT2D eigenvalue weighted by Crippen LogP contribution is 2.18. The van der Waals surface area contributed by atoms with Crippen LogP contribution in [0, 0.1) is 3.57 Å². The highest BCUT2D eigenvalue weighted by molar-refractivity contribution is 14.1. The molecule has 0 aliphatic carbocycles. The Kier molecular flexibility index (Phi) is 4.14. The van der Waals surface area contributed by atoms with Crippen molar-refractivity contribution in [3.63, 3.8) is 0 Å². The fourth-order valence-electron chi connectivity index (χ4n) is 1.78. The van der Waals surface area contributed by atoms with Crippen molar-refractivity contribution in [1.29, 1.82) is 0 Å². The highest BCUT2D eigenvalue weighted by Gasteiger charge is 2.12. The second kappa shape index (κ2) is 5.61. The van der Waals surface area contributed by atoms with Crippen LogP contribution in [0.4, 0.5) is 0 Å². The van der Waals surface area contributed by atoms with Crippen molar-refractivity contribution in [3.05, 3.63) is 51.4 Å². The molecule has 1 aromatic heterocycles. The lowest BCUT2D eigenvalue weighted by molar-refractivity contribution is 0.541. The van der Waals surface area contributed by atoms with Gasteiger partial charge in [-0.25, -0.2) is 0 Å². The molecule has 4 nitrogen and oxygen atoms in total. The first-order chi connectivity index (χ1) is 8.19. The lowest BCUT2D eigenvalue weighted by Crippen LogP contribution is -2.29. The van der Waals surface area contributed by atoms with Gasteiger partial charge < -0.3 is 0 Å². The lowest BCUT2D eigenvalue weighted by Gasteiger charge is -2.15. The second-order valence-electron chi connectivity index (χ2n) is 3.96. The Morgan fingerprint density at radius 1 is 1.47 bits per heavy atom. The van der Waals surface area contributed by atoms with Crippen molar-refractivity contribution in [2.75, 3.05) is 0 Å². The van der Waals surface area contributed by atoms with Crippen LogP contribution < -0.4 is 11.3 Å². The summed E-state index contributed by atoms with van der Waals surface area (Å²) in [6, 6.07) is 10.4. The van der Waals surface area contributed by atoms with Gasteiger partial charge in [0.15, 0.2) is 0 Å². The summed E-state index contributed by atoms with van der Waals surface area (Å²) in [5.74, 6) is 5.62. The van der Waals surface area contributed by atoms with Crippen LogP contribution in [0.15, 0.2) is 36.5 Å². The predicted octanol–water partition coefficient (Wildman–Crippen LogP) is 1.77. The van der Waals surface area contributed by atoms with E-state index in [1.54, 1.807) is 4.68 Å². The second-order valence-corrected chi connectivity index (χ2v) is 5.20. The topological polar surface area (TPSA) is 55.9 Å². The minimum Gasteiger partial charge on any atom is -0.276 e. The molecule has 1 unspecified atom stereocenters. The number of benzene rings is 1. The van der Waals surface area contributed by atoms with E-state index in [1.165, 1.54) is 9.13 Å². The van der Waals surface area contributed by atoms with E-state index < -0.39 is 0 Å². The fraction of sp³-hybridized carbons (Fsp3) is 0.250. The number of aryl methyl sites for hydroxylation is 1. The number of rotatable bonds is 4. The number of nitrogens with one attached hydrogen (secondary N) is 1. The first-order valence-corrected chi connectivity index (χ1v) is 6.47. The molecule has 2 rings (SSSR count). The van der Waals surface area contributed by atoms with E-state index in [0.717, 1.165) is 12.1 Å². The van der Waals surface area contributed by atoms with E-state index in [-0.39, 0.29) is 6.04 Å². The Balaban J connectivity index is 2.16. The first kappa shape index (κ1) is 12.5. The largest absolute Gasteiger partial charge is 0.276 e.